The largest absolute Gasteiger partial charge is 0.497 e. The van der Waals surface area contributed by atoms with Crippen molar-refractivity contribution in [3.8, 4) is 11.5 Å². The number of ether oxygens (including phenoxy) is 2. The zero-order chi connectivity index (χ0) is 16.5. The van der Waals surface area contributed by atoms with Gasteiger partial charge in [0, 0.05) is 12.5 Å². The minimum Gasteiger partial charge on any atom is -0.497 e. The summed E-state index contributed by atoms with van der Waals surface area (Å²) in [7, 11) is 1.63. The number of nitrogens with two attached hydrogens (primary N) is 1. The Kier molecular flexibility index (Phi) is 7.20. The van der Waals surface area contributed by atoms with E-state index in [9.17, 15) is 4.79 Å². The second-order valence-electron chi connectivity index (χ2n) is 6.08. The van der Waals surface area contributed by atoms with Crippen molar-refractivity contribution in [1.29, 1.82) is 0 Å². The monoisotopic (exact) mass is 320 g/mol. The molecule has 2 atom stereocenters. The van der Waals surface area contributed by atoms with Gasteiger partial charge in [-0.2, -0.15) is 0 Å². The van der Waals surface area contributed by atoms with Gasteiger partial charge in [0.25, 0.3) is 0 Å². The quantitative estimate of drug-likeness (QED) is 0.722. The molecule has 0 bridgehead atoms. The highest BCUT2D eigenvalue weighted by atomic mass is 16.5. The molecular formula is C18H28N2O3. The summed E-state index contributed by atoms with van der Waals surface area (Å²) in [4.78, 5) is 12.0. The van der Waals surface area contributed by atoms with Crippen molar-refractivity contribution in [3.05, 3.63) is 24.3 Å². The molecule has 0 aliphatic heterocycles. The van der Waals surface area contributed by atoms with Crippen LogP contribution in [0.5, 0.6) is 11.5 Å². The highest BCUT2D eigenvalue weighted by Gasteiger charge is 2.24. The maximum absolute atomic E-state index is 12.0. The molecule has 1 aliphatic rings. The fourth-order valence-electron chi connectivity index (χ4n) is 3.05. The van der Waals surface area contributed by atoms with Gasteiger partial charge in [0.2, 0.25) is 5.91 Å². The summed E-state index contributed by atoms with van der Waals surface area (Å²) in [5.41, 5.74) is 5.80. The Morgan fingerprint density at radius 2 is 1.91 bits per heavy atom. The van der Waals surface area contributed by atoms with E-state index >= 15 is 0 Å². The Bertz CT molecular complexity index is 476. The molecule has 0 heterocycles. The lowest BCUT2D eigenvalue weighted by Gasteiger charge is -2.31. The smallest absolute Gasteiger partial charge is 0.220 e. The maximum Gasteiger partial charge on any atom is 0.220 e. The van der Waals surface area contributed by atoms with Crippen molar-refractivity contribution in [3.63, 3.8) is 0 Å². The van der Waals surface area contributed by atoms with Crippen LogP contribution >= 0.6 is 0 Å². The Balaban J connectivity index is 1.64. The third-order valence-electron chi connectivity index (χ3n) is 4.43. The molecule has 128 valence electrons. The van der Waals surface area contributed by atoms with Gasteiger partial charge in [-0.15, -0.1) is 0 Å². The van der Waals surface area contributed by atoms with E-state index in [1.54, 1.807) is 7.11 Å². The number of amides is 1. The molecule has 5 heteroatoms. The molecule has 1 aliphatic carbocycles. The molecule has 5 nitrogen and oxygen atoms in total. The summed E-state index contributed by atoms with van der Waals surface area (Å²) in [5, 5.41) is 3.14. The van der Waals surface area contributed by atoms with Crippen LogP contribution < -0.4 is 20.5 Å². The molecule has 1 fully saturated rings. The van der Waals surface area contributed by atoms with Crippen LogP contribution in [-0.4, -0.2) is 32.2 Å². The highest BCUT2D eigenvalue weighted by Crippen LogP contribution is 2.23. The van der Waals surface area contributed by atoms with Crippen molar-refractivity contribution in [2.24, 2.45) is 11.7 Å². The van der Waals surface area contributed by atoms with Crippen molar-refractivity contribution in [2.75, 3.05) is 20.3 Å². The Morgan fingerprint density at radius 3 is 2.61 bits per heavy atom. The topological polar surface area (TPSA) is 73.6 Å². The molecule has 1 amide bonds. The van der Waals surface area contributed by atoms with E-state index in [0.29, 0.717) is 31.9 Å². The third-order valence-corrected chi connectivity index (χ3v) is 4.43. The number of nitrogens with one attached hydrogen (secondary N) is 1. The van der Waals surface area contributed by atoms with Gasteiger partial charge in [0.05, 0.1) is 13.7 Å². The third kappa shape index (κ3) is 5.75. The predicted molar refractivity (Wildman–Crippen MR) is 90.7 cm³/mol. The number of hydrogen-bond donors (Lipinski definition) is 2. The summed E-state index contributed by atoms with van der Waals surface area (Å²) in [6.07, 6.45) is 5.78. The van der Waals surface area contributed by atoms with Crippen molar-refractivity contribution < 1.29 is 14.3 Å². The fourth-order valence-corrected chi connectivity index (χ4v) is 3.05. The lowest BCUT2D eigenvalue weighted by atomic mass is 9.84. The van der Waals surface area contributed by atoms with Gasteiger partial charge in [-0.3, -0.25) is 4.79 Å². The number of rotatable bonds is 8. The Morgan fingerprint density at radius 1 is 1.22 bits per heavy atom. The molecule has 23 heavy (non-hydrogen) atoms. The van der Waals surface area contributed by atoms with Gasteiger partial charge in [-0.1, -0.05) is 12.8 Å². The molecule has 1 aromatic rings. The highest BCUT2D eigenvalue weighted by molar-refractivity contribution is 5.76. The van der Waals surface area contributed by atoms with Crippen molar-refractivity contribution >= 4 is 5.91 Å². The van der Waals surface area contributed by atoms with Crippen LogP contribution in [0.25, 0.3) is 0 Å². The predicted octanol–water partition coefficient (Wildman–Crippen LogP) is 2.49. The second kappa shape index (κ2) is 9.40. The Hall–Kier alpha value is -1.75. The lowest BCUT2D eigenvalue weighted by Crippen LogP contribution is -2.44. The summed E-state index contributed by atoms with van der Waals surface area (Å²) >= 11 is 0. The number of hydrogen-bond acceptors (Lipinski definition) is 4. The summed E-state index contributed by atoms with van der Waals surface area (Å²) in [6.45, 7) is 1.19. The molecule has 0 radical (unpaired) electrons. The molecular weight excluding hydrogens is 292 g/mol. The van der Waals surface area contributed by atoms with E-state index < -0.39 is 0 Å². The van der Waals surface area contributed by atoms with E-state index in [-0.39, 0.29) is 11.9 Å². The van der Waals surface area contributed by atoms with Crippen LogP contribution in [0, 0.1) is 5.92 Å². The van der Waals surface area contributed by atoms with Crippen LogP contribution in [0.3, 0.4) is 0 Å². The molecule has 3 N–H and O–H groups in total. The summed E-state index contributed by atoms with van der Waals surface area (Å²) in [6, 6.07) is 7.71. The van der Waals surface area contributed by atoms with Crippen LogP contribution in [0.2, 0.25) is 0 Å². The SMILES string of the molecule is COc1ccc(OCCCC(=O)NC2CCCCC2CN)cc1. The van der Waals surface area contributed by atoms with Crippen molar-refractivity contribution in [2.45, 2.75) is 44.6 Å². The normalized spacial score (nSPS) is 20.8. The van der Waals surface area contributed by atoms with Crippen LogP contribution in [0.1, 0.15) is 38.5 Å². The summed E-state index contributed by atoms with van der Waals surface area (Å²) in [5.74, 6) is 2.14. The first-order chi connectivity index (χ1) is 11.2. The molecule has 2 rings (SSSR count). The zero-order valence-corrected chi connectivity index (χ0v) is 13.9. The van der Waals surface area contributed by atoms with Gasteiger partial charge in [0.1, 0.15) is 11.5 Å². The van der Waals surface area contributed by atoms with Gasteiger partial charge in [-0.05, 0) is 56.0 Å². The van der Waals surface area contributed by atoms with E-state index in [0.717, 1.165) is 24.3 Å². The first-order valence-corrected chi connectivity index (χ1v) is 8.49. The van der Waals surface area contributed by atoms with Gasteiger partial charge in [0.15, 0.2) is 0 Å². The molecule has 1 aromatic carbocycles. The molecule has 1 saturated carbocycles. The van der Waals surface area contributed by atoms with E-state index in [4.69, 9.17) is 15.2 Å². The minimum atomic E-state index is 0.105. The minimum absolute atomic E-state index is 0.105. The first-order valence-electron chi connectivity index (χ1n) is 8.49. The van der Waals surface area contributed by atoms with E-state index in [1.807, 2.05) is 24.3 Å². The first kappa shape index (κ1) is 17.6. The number of carbonyl (C=O) groups excluding carboxylic acids is 1. The summed E-state index contributed by atoms with van der Waals surface area (Å²) < 4.78 is 10.7. The molecule has 0 saturated heterocycles. The van der Waals surface area contributed by atoms with Crippen LogP contribution in [-0.2, 0) is 4.79 Å². The number of methoxy groups -OCH3 is 1. The van der Waals surface area contributed by atoms with Gasteiger partial charge in [-0.25, -0.2) is 0 Å². The maximum atomic E-state index is 12.0. The Labute approximate surface area is 138 Å². The van der Waals surface area contributed by atoms with Gasteiger partial charge >= 0.3 is 0 Å². The number of carbonyl (C=O) groups is 1. The zero-order valence-electron chi connectivity index (χ0n) is 13.9. The average molecular weight is 320 g/mol. The van der Waals surface area contributed by atoms with Crippen LogP contribution in [0.4, 0.5) is 0 Å². The van der Waals surface area contributed by atoms with E-state index in [1.165, 1.54) is 12.8 Å². The standard InChI is InChI=1S/C18H28N2O3/c1-22-15-8-10-16(11-9-15)23-12-4-7-18(21)20-17-6-3-2-5-14(17)13-19/h8-11,14,17H,2-7,12-13,19H2,1H3,(H,20,21). The molecule has 0 aromatic heterocycles. The van der Waals surface area contributed by atoms with Crippen LogP contribution in [0.15, 0.2) is 24.3 Å². The lowest BCUT2D eigenvalue weighted by molar-refractivity contribution is -0.122. The fraction of sp³-hybridized carbons (Fsp3) is 0.611. The number of benzene rings is 1. The molecule has 0 spiro atoms. The second-order valence-corrected chi connectivity index (χ2v) is 6.08. The van der Waals surface area contributed by atoms with Crippen molar-refractivity contribution in [1.82, 2.24) is 5.32 Å². The van der Waals surface area contributed by atoms with Gasteiger partial charge < -0.3 is 20.5 Å². The molecule has 2 unspecified atom stereocenters. The average Bonchev–Trinajstić information content (AvgIpc) is 2.59. The van der Waals surface area contributed by atoms with E-state index in [2.05, 4.69) is 5.32 Å².